The molecule has 5 heteroatoms. The zero-order chi connectivity index (χ0) is 20.3. The van der Waals surface area contributed by atoms with Crippen LogP contribution in [0, 0.1) is 6.92 Å². The first-order chi connectivity index (χ1) is 13.2. The highest BCUT2D eigenvalue weighted by Gasteiger charge is 2.21. The van der Waals surface area contributed by atoms with Crippen LogP contribution in [0.25, 0.3) is 0 Å². The van der Waals surface area contributed by atoms with Crippen LogP contribution in [0.5, 0.6) is 0 Å². The van der Waals surface area contributed by atoms with Gasteiger partial charge >= 0.3 is 0 Å². The van der Waals surface area contributed by atoms with Crippen LogP contribution in [0.15, 0.2) is 48.5 Å². The molecule has 1 aliphatic heterocycles. The van der Waals surface area contributed by atoms with Gasteiger partial charge in [-0.05, 0) is 54.4 Å². The summed E-state index contributed by atoms with van der Waals surface area (Å²) in [6, 6.07) is 16.4. The summed E-state index contributed by atoms with van der Waals surface area (Å²) in [5, 5.41) is 3.39. The summed E-state index contributed by atoms with van der Waals surface area (Å²) in [6.45, 7) is 12.0. The Morgan fingerprint density at radius 2 is 1.50 bits per heavy atom. The minimum absolute atomic E-state index is 0.0709. The molecule has 0 unspecified atom stereocenters. The first kappa shape index (κ1) is 20.3. The van der Waals surface area contributed by atoms with E-state index in [0.29, 0.717) is 10.7 Å². The Morgan fingerprint density at radius 3 is 2.04 bits per heavy atom. The number of carbonyl (C=O) groups is 1. The Kier molecular flexibility index (Phi) is 6.04. The van der Waals surface area contributed by atoms with E-state index in [1.165, 1.54) is 16.8 Å². The Balaban J connectivity index is 1.54. The van der Waals surface area contributed by atoms with E-state index < -0.39 is 0 Å². The maximum Gasteiger partial charge on any atom is 0.257 e. The zero-order valence-corrected chi connectivity index (χ0v) is 18.0. The molecule has 148 valence electrons. The minimum Gasteiger partial charge on any atom is -0.368 e. The molecule has 0 saturated carbocycles. The van der Waals surface area contributed by atoms with E-state index in [1.54, 1.807) is 0 Å². The van der Waals surface area contributed by atoms with E-state index in [4.69, 9.17) is 12.2 Å². The molecule has 1 amide bonds. The summed E-state index contributed by atoms with van der Waals surface area (Å²) in [4.78, 5) is 17.0. The molecule has 1 aliphatic rings. The topological polar surface area (TPSA) is 35.6 Å². The third-order valence-electron chi connectivity index (χ3n) is 5.20. The third kappa shape index (κ3) is 4.90. The molecular weight excluding hydrogens is 366 g/mol. The number of carbonyl (C=O) groups excluding carboxylic acids is 1. The number of rotatable bonds is 2. The smallest absolute Gasteiger partial charge is 0.257 e. The van der Waals surface area contributed by atoms with Gasteiger partial charge in [-0.25, -0.2) is 0 Å². The molecule has 0 aliphatic carbocycles. The maximum absolute atomic E-state index is 12.5. The largest absolute Gasteiger partial charge is 0.368 e. The van der Waals surface area contributed by atoms with Gasteiger partial charge in [0.15, 0.2) is 5.11 Å². The Bertz CT molecular complexity index is 830. The Morgan fingerprint density at radius 1 is 0.929 bits per heavy atom. The van der Waals surface area contributed by atoms with Crippen LogP contribution in [0.3, 0.4) is 0 Å². The van der Waals surface area contributed by atoms with Gasteiger partial charge < -0.3 is 9.80 Å². The van der Waals surface area contributed by atoms with Crippen LogP contribution in [-0.2, 0) is 5.41 Å². The average Bonchev–Trinajstić information content (AvgIpc) is 2.68. The van der Waals surface area contributed by atoms with Gasteiger partial charge in [-0.1, -0.05) is 50.6 Å². The summed E-state index contributed by atoms with van der Waals surface area (Å²) in [6.07, 6.45) is 0. The molecule has 1 fully saturated rings. The monoisotopic (exact) mass is 395 g/mol. The molecule has 0 spiro atoms. The summed E-state index contributed by atoms with van der Waals surface area (Å²) in [5.74, 6) is -0.147. The minimum atomic E-state index is -0.147. The highest BCUT2D eigenvalue weighted by atomic mass is 32.1. The van der Waals surface area contributed by atoms with E-state index in [-0.39, 0.29) is 11.3 Å². The van der Waals surface area contributed by atoms with Crippen molar-refractivity contribution < 1.29 is 4.79 Å². The lowest BCUT2D eigenvalue weighted by Crippen LogP contribution is -2.52. The van der Waals surface area contributed by atoms with Gasteiger partial charge in [-0.15, -0.1) is 0 Å². The molecule has 0 bridgehead atoms. The second-order valence-corrected chi connectivity index (χ2v) is 8.78. The standard InChI is InChI=1S/C23H29N3OS/c1-17-5-11-20(12-6-17)25-13-15-26(16-14-25)22(28)24-21(27)18-7-9-19(10-8-18)23(2,3)4/h5-12H,13-16H2,1-4H3,(H,24,27,28). The molecule has 2 aromatic carbocycles. The number of nitrogens with zero attached hydrogens (tertiary/aromatic N) is 2. The molecule has 0 radical (unpaired) electrons. The lowest BCUT2D eigenvalue weighted by Gasteiger charge is -2.37. The van der Waals surface area contributed by atoms with Gasteiger partial charge in [0.25, 0.3) is 5.91 Å². The first-order valence-corrected chi connectivity index (χ1v) is 10.2. The van der Waals surface area contributed by atoms with Crippen molar-refractivity contribution in [2.75, 3.05) is 31.1 Å². The number of hydrogen-bond donors (Lipinski definition) is 1. The number of anilines is 1. The molecule has 1 heterocycles. The van der Waals surface area contributed by atoms with E-state index in [9.17, 15) is 4.79 Å². The fourth-order valence-corrected chi connectivity index (χ4v) is 3.57. The van der Waals surface area contributed by atoms with E-state index >= 15 is 0 Å². The fourth-order valence-electron chi connectivity index (χ4n) is 3.29. The van der Waals surface area contributed by atoms with Gasteiger partial charge in [0.05, 0.1) is 0 Å². The molecule has 1 saturated heterocycles. The molecular formula is C23H29N3OS. The van der Waals surface area contributed by atoms with Crippen LogP contribution in [0.2, 0.25) is 0 Å². The second-order valence-electron chi connectivity index (χ2n) is 8.40. The van der Waals surface area contributed by atoms with Gasteiger partial charge in [-0.3, -0.25) is 10.1 Å². The van der Waals surface area contributed by atoms with Crippen molar-refractivity contribution in [2.45, 2.75) is 33.1 Å². The van der Waals surface area contributed by atoms with Gasteiger partial charge in [0.2, 0.25) is 0 Å². The molecule has 4 nitrogen and oxygen atoms in total. The average molecular weight is 396 g/mol. The van der Waals surface area contributed by atoms with Crippen LogP contribution in [0.1, 0.15) is 42.3 Å². The first-order valence-electron chi connectivity index (χ1n) is 9.76. The summed E-state index contributed by atoms with van der Waals surface area (Å²) >= 11 is 5.48. The summed E-state index contributed by atoms with van der Waals surface area (Å²) in [5.41, 5.74) is 4.41. The lowest BCUT2D eigenvalue weighted by atomic mass is 9.87. The predicted molar refractivity (Wildman–Crippen MR) is 120 cm³/mol. The van der Waals surface area contributed by atoms with Crippen molar-refractivity contribution in [2.24, 2.45) is 0 Å². The molecule has 0 atom stereocenters. The van der Waals surface area contributed by atoms with Crippen molar-refractivity contribution in [3.63, 3.8) is 0 Å². The van der Waals surface area contributed by atoms with Crippen molar-refractivity contribution in [3.8, 4) is 0 Å². The second kappa shape index (κ2) is 8.31. The number of benzene rings is 2. The number of aryl methyl sites for hydroxylation is 1. The van der Waals surface area contributed by atoms with E-state index in [0.717, 1.165) is 26.2 Å². The van der Waals surface area contributed by atoms with Crippen LogP contribution in [0.4, 0.5) is 5.69 Å². The highest BCUT2D eigenvalue weighted by molar-refractivity contribution is 7.80. The van der Waals surface area contributed by atoms with Crippen molar-refractivity contribution in [1.29, 1.82) is 0 Å². The van der Waals surface area contributed by atoms with Gasteiger partial charge in [0.1, 0.15) is 0 Å². The number of amides is 1. The predicted octanol–water partition coefficient (Wildman–Crippen LogP) is 4.13. The number of thiocarbonyl (C=S) groups is 1. The summed E-state index contributed by atoms with van der Waals surface area (Å²) < 4.78 is 0. The third-order valence-corrected chi connectivity index (χ3v) is 5.56. The lowest BCUT2D eigenvalue weighted by molar-refractivity contribution is 0.0973. The number of piperazine rings is 1. The van der Waals surface area contributed by atoms with Gasteiger partial charge in [-0.2, -0.15) is 0 Å². The molecule has 1 N–H and O–H groups in total. The number of nitrogens with one attached hydrogen (secondary N) is 1. The number of hydrogen-bond acceptors (Lipinski definition) is 3. The van der Waals surface area contributed by atoms with Crippen LogP contribution in [-0.4, -0.2) is 42.1 Å². The SMILES string of the molecule is Cc1ccc(N2CCN(C(=S)NC(=O)c3ccc(C(C)(C)C)cc3)CC2)cc1. The van der Waals surface area contributed by atoms with Crippen LogP contribution >= 0.6 is 12.2 Å². The van der Waals surface area contributed by atoms with E-state index in [1.807, 2.05) is 24.3 Å². The maximum atomic E-state index is 12.5. The molecule has 0 aromatic heterocycles. The Hall–Kier alpha value is -2.40. The quantitative estimate of drug-likeness (QED) is 0.776. The van der Waals surface area contributed by atoms with Crippen molar-refractivity contribution in [3.05, 3.63) is 65.2 Å². The molecule has 3 rings (SSSR count). The highest BCUT2D eigenvalue weighted by Crippen LogP contribution is 2.22. The van der Waals surface area contributed by atoms with Crippen LogP contribution < -0.4 is 10.2 Å². The normalized spacial score (nSPS) is 14.7. The molecule has 2 aromatic rings. The zero-order valence-electron chi connectivity index (χ0n) is 17.2. The van der Waals surface area contributed by atoms with Crippen molar-refractivity contribution in [1.82, 2.24) is 10.2 Å². The Labute approximate surface area is 173 Å². The van der Waals surface area contributed by atoms with E-state index in [2.05, 4.69) is 67.1 Å². The van der Waals surface area contributed by atoms with Gasteiger partial charge in [0, 0.05) is 37.4 Å². The fraction of sp³-hybridized carbons (Fsp3) is 0.391. The molecule has 28 heavy (non-hydrogen) atoms. The summed E-state index contributed by atoms with van der Waals surface area (Å²) in [7, 11) is 0. The van der Waals surface area contributed by atoms with Crippen molar-refractivity contribution >= 4 is 28.9 Å².